The molecule has 0 radical (unpaired) electrons. The van der Waals surface area contributed by atoms with E-state index in [0.717, 1.165) is 29.9 Å². The van der Waals surface area contributed by atoms with Crippen LogP contribution in [0.5, 0.6) is 0 Å². The maximum absolute atomic E-state index is 4.44. The van der Waals surface area contributed by atoms with E-state index in [4.69, 9.17) is 0 Å². The predicted octanol–water partition coefficient (Wildman–Crippen LogP) is 2.45. The quantitative estimate of drug-likeness (QED) is 0.801. The second kappa shape index (κ2) is 4.09. The van der Waals surface area contributed by atoms with Gasteiger partial charge in [-0.25, -0.2) is 0 Å². The van der Waals surface area contributed by atoms with Crippen molar-refractivity contribution in [2.45, 2.75) is 13.3 Å². The van der Waals surface area contributed by atoms with E-state index < -0.39 is 0 Å². The fourth-order valence-electron chi connectivity index (χ4n) is 1.70. The van der Waals surface area contributed by atoms with Crippen LogP contribution in [-0.4, -0.2) is 22.2 Å². The molecule has 0 aromatic carbocycles. The van der Waals surface area contributed by atoms with E-state index in [0.29, 0.717) is 0 Å². The fraction of sp³-hybridized carbons (Fsp3) is 0.214. The number of hydrogen-bond donors (Lipinski definition) is 0. The third kappa shape index (κ3) is 2.38. The monoisotopic (exact) mass is 223 g/mol. The number of aryl methyl sites for hydroxylation is 1. The number of aliphatic imine (C=N–C) groups is 1. The first-order valence-electron chi connectivity index (χ1n) is 5.71. The number of rotatable bonds is 3. The van der Waals surface area contributed by atoms with Gasteiger partial charge in [-0.15, -0.1) is 0 Å². The van der Waals surface area contributed by atoms with Crippen LogP contribution in [0.25, 0.3) is 11.4 Å². The van der Waals surface area contributed by atoms with Gasteiger partial charge in [0.05, 0.1) is 17.9 Å². The maximum atomic E-state index is 4.44. The van der Waals surface area contributed by atoms with E-state index in [1.807, 2.05) is 31.5 Å². The topological polar surface area (TPSA) is 38.1 Å². The van der Waals surface area contributed by atoms with Gasteiger partial charge in [0.15, 0.2) is 0 Å². The van der Waals surface area contributed by atoms with Gasteiger partial charge in [0.25, 0.3) is 0 Å². The van der Waals surface area contributed by atoms with E-state index in [1.54, 1.807) is 0 Å². The average Bonchev–Trinajstić information content (AvgIpc) is 3.15. The molecule has 84 valence electrons. The molecule has 0 spiro atoms. The smallest absolute Gasteiger partial charge is 0.0886 e. The zero-order chi connectivity index (χ0) is 11.7. The minimum absolute atomic E-state index is 0.922. The Balaban J connectivity index is 1.83. The summed E-state index contributed by atoms with van der Waals surface area (Å²) in [6, 6.07) is 8.18. The highest BCUT2D eigenvalue weighted by Crippen LogP contribution is 2.15. The van der Waals surface area contributed by atoms with Crippen LogP contribution in [0.4, 0.5) is 0 Å². The molecule has 2 aromatic rings. The van der Waals surface area contributed by atoms with Crippen LogP contribution in [0.3, 0.4) is 0 Å². The van der Waals surface area contributed by atoms with Gasteiger partial charge in [0.2, 0.25) is 0 Å². The molecule has 0 bridgehead atoms. The normalized spacial score (nSPS) is 13.4. The van der Waals surface area contributed by atoms with Gasteiger partial charge in [-0.05, 0) is 30.2 Å². The molecule has 3 heterocycles. The lowest BCUT2D eigenvalue weighted by molar-refractivity contribution is 1.19. The van der Waals surface area contributed by atoms with Crippen LogP contribution >= 0.6 is 0 Å². The first kappa shape index (κ1) is 10.1. The summed E-state index contributed by atoms with van der Waals surface area (Å²) >= 11 is 0. The highest BCUT2D eigenvalue weighted by atomic mass is 14.9. The molecule has 1 aliphatic rings. The van der Waals surface area contributed by atoms with Gasteiger partial charge in [0.1, 0.15) is 0 Å². The number of pyridine rings is 2. The number of aromatic nitrogens is 2. The first-order valence-corrected chi connectivity index (χ1v) is 5.71. The summed E-state index contributed by atoms with van der Waals surface area (Å²) in [5.74, 6) is 0. The molecule has 0 atom stereocenters. The summed E-state index contributed by atoms with van der Waals surface area (Å²) in [5.41, 5.74) is 5.50. The van der Waals surface area contributed by atoms with Crippen LogP contribution in [0.2, 0.25) is 0 Å². The molecule has 3 nitrogen and oxygen atoms in total. The van der Waals surface area contributed by atoms with Crippen LogP contribution in [0, 0.1) is 6.92 Å². The van der Waals surface area contributed by atoms with Gasteiger partial charge in [-0.3, -0.25) is 15.0 Å². The molecule has 3 heteroatoms. The molecule has 0 fully saturated rings. The molecular formula is C14H13N3. The van der Waals surface area contributed by atoms with E-state index in [9.17, 15) is 0 Å². The summed E-state index contributed by atoms with van der Waals surface area (Å²) < 4.78 is 0. The minimum atomic E-state index is 0.922. The lowest BCUT2D eigenvalue weighted by Gasteiger charge is -2.01. The van der Waals surface area contributed by atoms with E-state index in [2.05, 4.69) is 27.1 Å². The van der Waals surface area contributed by atoms with Gasteiger partial charge >= 0.3 is 0 Å². The summed E-state index contributed by atoms with van der Waals surface area (Å²) in [7, 11) is 0. The lowest BCUT2D eigenvalue weighted by atomic mass is 10.1. The second-order valence-corrected chi connectivity index (χ2v) is 4.33. The van der Waals surface area contributed by atoms with Crippen molar-refractivity contribution < 1.29 is 0 Å². The molecule has 17 heavy (non-hydrogen) atoms. The molecule has 0 saturated carbocycles. The number of nitrogens with zero attached hydrogens (tertiary/aromatic N) is 3. The SMILES string of the molecule is Cc1ccc(-c2ccc(CC3=NC3)cn2)nc1. The Morgan fingerprint density at radius 1 is 1.00 bits per heavy atom. The minimum Gasteiger partial charge on any atom is -0.286 e. The van der Waals surface area contributed by atoms with Crippen LogP contribution in [0.15, 0.2) is 41.7 Å². The highest BCUT2D eigenvalue weighted by molar-refractivity contribution is 5.98. The predicted molar refractivity (Wildman–Crippen MR) is 68.2 cm³/mol. The zero-order valence-corrected chi connectivity index (χ0v) is 9.72. The van der Waals surface area contributed by atoms with Crippen molar-refractivity contribution in [1.82, 2.24) is 9.97 Å². The fourth-order valence-corrected chi connectivity index (χ4v) is 1.70. The van der Waals surface area contributed by atoms with E-state index >= 15 is 0 Å². The lowest BCUT2D eigenvalue weighted by Crippen LogP contribution is -1.94. The van der Waals surface area contributed by atoms with E-state index in [-0.39, 0.29) is 0 Å². The van der Waals surface area contributed by atoms with Gasteiger partial charge in [-0.1, -0.05) is 12.1 Å². The second-order valence-electron chi connectivity index (χ2n) is 4.33. The third-order valence-electron chi connectivity index (χ3n) is 2.79. The Labute approximate surface area is 100 Å². The Bertz CT molecular complexity index is 553. The largest absolute Gasteiger partial charge is 0.286 e. The van der Waals surface area contributed by atoms with Crippen molar-refractivity contribution in [2.24, 2.45) is 4.99 Å². The molecular weight excluding hydrogens is 210 g/mol. The van der Waals surface area contributed by atoms with Crippen molar-refractivity contribution in [1.29, 1.82) is 0 Å². The van der Waals surface area contributed by atoms with E-state index in [1.165, 1.54) is 11.3 Å². The molecule has 2 aromatic heterocycles. The molecule has 0 unspecified atom stereocenters. The molecule has 0 N–H and O–H groups in total. The standard InChI is InChI=1S/C14H13N3/c1-10-2-4-13(16-7-10)14-5-3-11(8-17-14)6-12-9-15-12/h2-5,7-8H,6,9H2,1H3. The Morgan fingerprint density at radius 2 is 1.71 bits per heavy atom. The average molecular weight is 223 g/mol. The molecule has 0 amide bonds. The van der Waals surface area contributed by atoms with Crippen LogP contribution in [-0.2, 0) is 6.42 Å². The maximum Gasteiger partial charge on any atom is 0.0886 e. The number of hydrogen-bond acceptors (Lipinski definition) is 3. The van der Waals surface area contributed by atoms with Gasteiger partial charge in [0, 0.05) is 24.5 Å². The molecule has 1 aliphatic heterocycles. The highest BCUT2D eigenvalue weighted by Gasteiger charge is 2.10. The summed E-state index contributed by atoms with van der Waals surface area (Å²) in [6.45, 7) is 2.96. The Hall–Kier alpha value is -2.03. The van der Waals surface area contributed by atoms with Crippen molar-refractivity contribution in [3.63, 3.8) is 0 Å². The van der Waals surface area contributed by atoms with Crippen molar-refractivity contribution >= 4 is 5.71 Å². The summed E-state index contributed by atoms with van der Waals surface area (Å²) in [4.78, 5) is 13.0. The van der Waals surface area contributed by atoms with Gasteiger partial charge in [-0.2, -0.15) is 0 Å². The Morgan fingerprint density at radius 3 is 2.24 bits per heavy atom. The van der Waals surface area contributed by atoms with Crippen LogP contribution in [0.1, 0.15) is 11.1 Å². The van der Waals surface area contributed by atoms with Crippen molar-refractivity contribution in [2.75, 3.05) is 6.54 Å². The van der Waals surface area contributed by atoms with Crippen molar-refractivity contribution in [3.8, 4) is 11.4 Å². The zero-order valence-electron chi connectivity index (χ0n) is 9.72. The molecule has 3 rings (SSSR count). The summed E-state index contributed by atoms with van der Waals surface area (Å²) in [6.07, 6.45) is 4.72. The first-order chi connectivity index (χ1) is 8.31. The molecule has 0 saturated heterocycles. The van der Waals surface area contributed by atoms with Crippen LogP contribution < -0.4 is 0 Å². The third-order valence-corrected chi connectivity index (χ3v) is 2.79. The van der Waals surface area contributed by atoms with Gasteiger partial charge < -0.3 is 0 Å². The molecule has 0 aliphatic carbocycles. The Kier molecular flexibility index (Phi) is 2.44. The summed E-state index contributed by atoms with van der Waals surface area (Å²) in [5, 5.41) is 0. The van der Waals surface area contributed by atoms with Crippen molar-refractivity contribution in [3.05, 3.63) is 47.8 Å².